The Labute approximate surface area is 89.6 Å². The molecule has 1 aromatic carbocycles. The summed E-state index contributed by atoms with van der Waals surface area (Å²) < 4.78 is 13.1. The maximum absolute atomic E-state index is 13.1. The van der Waals surface area contributed by atoms with Crippen molar-refractivity contribution in [1.82, 2.24) is 16.1 Å². The number of nitrogens with zero attached hydrogens (tertiary/aromatic N) is 3. The Kier molecular flexibility index (Phi) is 2.41. The van der Waals surface area contributed by atoms with Gasteiger partial charge in [0.15, 0.2) is 5.84 Å². The summed E-state index contributed by atoms with van der Waals surface area (Å²) in [5, 5.41) is 15.9. The summed E-state index contributed by atoms with van der Waals surface area (Å²) in [7, 11) is 1.65. The molecule has 1 aliphatic heterocycles. The van der Waals surface area contributed by atoms with Crippen molar-refractivity contribution in [2.24, 2.45) is 5.10 Å². The summed E-state index contributed by atoms with van der Waals surface area (Å²) in [6.07, 6.45) is 0. The standard InChI is InChI=1S/C8H8FN5O2/c1-13-8(10-11-12-13)5-2-6(9)4-7(3-5)14(15)16/h2-4,11-12H,1H3. The molecule has 1 heterocycles. The second-order valence-electron chi connectivity index (χ2n) is 3.17. The molecule has 2 rings (SSSR count). The van der Waals surface area contributed by atoms with E-state index in [9.17, 15) is 14.5 Å². The number of hydrazine groups is 2. The number of rotatable bonds is 2. The minimum atomic E-state index is -0.674. The van der Waals surface area contributed by atoms with Gasteiger partial charge in [0.25, 0.3) is 5.69 Å². The maximum Gasteiger partial charge on any atom is 0.273 e. The smallest absolute Gasteiger partial charge is 0.273 e. The third-order valence-corrected chi connectivity index (χ3v) is 2.05. The van der Waals surface area contributed by atoms with Crippen LogP contribution in [0.2, 0.25) is 0 Å². The van der Waals surface area contributed by atoms with Crippen molar-refractivity contribution in [3.8, 4) is 0 Å². The fourth-order valence-electron chi connectivity index (χ4n) is 1.35. The van der Waals surface area contributed by atoms with E-state index in [1.807, 2.05) is 0 Å². The van der Waals surface area contributed by atoms with E-state index in [-0.39, 0.29) is 5.69 Å². The molecule has 1 aliphatic rings. The first kappa shape index (κ1) is 10.3. The Morgan fingerprint density at radius 2 is 2.25 bits per heavy atom. The van der Waals surface area contributed by atoms with E-state index in [2.05, 4.69) is 16.2 Å². The van der Waals surface area contributed by atoms with Gasteiger partial charge in [-0.2, -0.15) is 0 Å². The summed E-state index contributed by atoms with van der Waals surface area (Å²) in [5.74, 6) is -0.296. The van der Waals surface area contributed by atoms with Gasteiger partial charge in [0.2, 0.25) is 0 Å². The van der Waals surface area contributed by atoms with Crippen molar-refractivity contribution in [2.45, 2.75) is 0 Å². The number of nitro groups is 1. The SMILES string of the molecule is CN1NNN=C1c1cc(F)cc([N+](=O)[O-])c1. The van der Waals surface area contributed by atoms with Crippen LogP contribution in [-0.4, -0.2) is 22.8 Å². The van der Waals surface area contributed by atoms with Gasteiger partial charge in [0, 0.05) is 18.7 Å². The highest BCUT2D eigenvalue weighted by atomic mass is 19.1. The fourth-order valence-corrected chi connectivity index (χ4v) is 1.35. The highest BCUT2D eigenvalue weighted by Gasteiger charge is 2.18. The molecule has 0 atom stereocenters. The molecule has 2 N–H and O–H groups in total. The zero-order valence-electron chi connectivity index (χ0n) is 8.27. The second-order valence-corrected chi connectivity index (χ2v) is 3.17. The zero-order chi connectivity index (χ0) is 11.7. The molecule has 16 heavy (non-hydrogen) atoms. The highest BCUT2D eigenvalue weighted by molar-refractivity contribution is 5.99. The molecule has 0 fully saturated rings. The maximum atomic E-state index is 13.1. The monoisotopic (exact) mass is 225 g/mol. The number of halogens is 1. The lowest BCUT2D eigenvalue weighted by Crippen LogP contribution is -2.37. The molecule has 0 aliphatic carbocycles. The molecule has 0 aromatic heterocycles. The largest absolute Gasteiger partial charge is 0.274 e. The van der Waals surface area contributed by atoms with E-state index in [1.165, 1.54) is 17.1 Å². The van der Waals surface area contributed by atoms with Gasteiger partial charge in [0.05, 0.1) is 11.0 Å². The number of nitrogens with one attached hydrogen (secondary N) is 2. The van der Waals surface area contributed by atoms with E-state index in [1.54, 1.807) is 7.05 Å². The molecule has 0 unspecified atom stereocenters. The molecule has 7 nitrogen and oxygen atoms in total. The number of nitro benzene ring substituents is 1. The Balaban J connectivity index is 2.45. The Hall–Kier alpha value is -2.22. The van der Waals surface area contributed by atoms with Crippen LogP contribution in [0.3, 0.4) is 0 Å². The molecule has 84 valence electrons. The molecule has 0 saturated heterocycles. The highest BCUT2D eigenvalue weighted by Crippen LogP contribution is 2.17. The first-order valence-corrected chi connectivity index (χ1v) is 4.35. The van der Waals surface area contributed by atoms with Gasteiger partial charge in [-0.05, 0) is 6.07 Å². The lowest BCUT2D eigenvalue weighted by atomic mass is 10.1. The van der Waals surface area contributed by atoms with Crippen LogP contribution in [0.1, 0.15) is 5.56 Å². The molecule has 0 radical (unpaired) electrons. The average Bonchev–Trinajstić information content (AvgIpc) is 2.63. The predicted octanol–water partition coefficient (Wildman–Crippen LogP) is 0.350. The minimum absolute atomic E-state index is 0.307. The normalized spacial score (nSPS) is 14.6. The van der Waals surface area contributed by atoms with Crippen molar-refractivity contribution in [3.05, 3.63) is 39.7 Å². The van der Waals surface area contributed by atoms with Gasteiger partial charge in [-0.25, -0.2) is 9.93 Å². The first-order valence-electron chi connectivity index (χ1n) is 4.35. The van der Waals surface area contributed by atoms with E-state index >= 15 is 0 Å². The van der Waals surface area contributed by atoms with E-state index in [0.717, 1.165) is 6.07 Å². The minimum Gasteiger partial charge on any atom is -0.274 e. The number of hydrogen-bond acceptors (Lipinski definition) is 6. The van der Waals surface area contributed by atoms with Crippen molar-refractivity contribution in [3.63, 3.8) is 0 Å². The van der Waals surface area contributed by atoms with Gasteiger partial charge in [-0.1, -0.05) is 0 Å². The zero-order valence-corrected chi connectivity index (χ0v) is 8.27. The quantitative estimate of drug-likeness (QED) is 0.560. The van der Waals surface area contributed by atoms with Crippen LogP contribution >= 0.6 is 0 Å². The van der Waals surface area contributed by atoms with Gasteiger partial charge < -0.3 is 0 Å². The van der Waals surface area contributed by atoms with E-state index in [0.29, 0.717) is 11.4 Å². The average molecular weight is 225 g/mol. The van der Waals surface area contributed by atoms with Crippen LogP contribution < -0.4 is 11.1 Å². The predicted molar refractivity (Wildman–Crippen MR) is 53.6 cm³/mol. The third-order valence-electron chi connectivity index (χ3n) is 2.05. The summed E-state index contributed by atoms with van der Waals surface area (Å²) in [6, 6.07) is 3.30. The second kappa shape index (κ2) is 3.74. The summed E-state index contributed by atoms with van der Waals surface area (Å²) in [5.41, 5.74) is 5.10. The van der Waals surface area contributed by atoms with Crippen LogP contribution in [0.15, 0.2) is 23.3 Å². The van der Waals surface area contributed by atoms with Crippen molar-refractivity contribution in [1.29, 1.82) is 0 Å². The van der Waals surface area contributed by atoms with E-state index in [4.69, 9.17) is 0 Å². The van der Waals surface area contributed by atoms with Gasteiger partial charge in [-0.15, -0.1) is 10.6 Å². The van der Waals surface area contributed by atoms with Crippen LogP contribution in [0.25, 0.3) is 0 Å². The summed E-state index contributed by atoms with van der Waals surface area (Å²) >= 11 is 0. The van der Waals surface area contributed by atoms with Crippen molar-refractivity contribution >= 4 is 11.5 Å². The van der Waals surface area contributed by atoms with Crippen molar-refractivity contribution < 1.29 is 9.31 Å². The van der Waals surface area contributed by atoms with Crippen LogP contribution in [0.5, 0.6) is 0 Å². The molecular formula is C8H8FN5O2. The van der Waals surface area contributed by atoms with Crippen LogP contribution in [-0.2, 0) is 0 Å². The van der Waals surface area contributed by atoms with Gasteiger partial charge in [0.1, 0.15) is 5.82 Å². The first-order chi connectivity index (χ1) is 7.58. The van der Waals surface area contributed by atoms with Gasteiger partial charge in [-0.3, -0.25) is 15.1 Å². The topological polar surface area (TPSA) is 82.8 Å². The fraction of sp³-hybridized carbons (Fsp3) is 0.125. The molecule has 0 spiro atoms. The number of hydrazone groups is 1. The molecule has 1 aromatic rings. The molecule has 0 bridgehead atoms. The number of amidine groups is 1. The van der Waals surface area contributed by atoms with Crippen LogP contribution in [0.4, 0.5) is 10.1 Å². The number of benzene rings is 1. The molecule has 0 saturated carbocycles. The number of non-ortho nitro benzene ring substituents is 1. The molecule has 0 amide bonds. The third kappa shape index (κ3) is 1.77. The van der Waals surface area contributed by atoms with Crippen molar-refractivity contribution in [2.75, 3.05) is 7.05 Å². The lowest BCUT2D eigenvalue weighted by Gasteiger charge is -2.11. The summed E-state index contributed by atoms with van der Waals surface area (Å²) in [4.78, 5) is 9.91. The Morgan fingerprint density at radius 3 is 2.81 bits per heavy atom. The number of hydrogen-bond donors (Lipinski definition) is 2. The molecule has 8 heteroatoms. The van der Waals surface area contributed by atoms with Gasteiger partial charge >= 0.3 is 0 Å². The van der Waals surface area contributed by atoms with Crippen LogP contribution in [0, 0.1) is 15.9 Å². The Bertz CT molecular complexity index is 475. The summed E-state index contributed by atoms with van der Waals surface area (Å²) in [6.45, 7) is 0. The molecular weight excluding hydrogens is 217 g/mol. The lowest BCUT2D eigenvalue weighted by molar-refractivity contribution is -0.385. The Morgan fingerprint density at radius 1 is 1.50 bits per heavy atom. The van der Waals surface area contributed by atoms with E-state index < -0.39 is 10.7 Å².